The first-order valence-electron chi connectivity index (χ1n) is 7.55. The second kappa shape index (κ2) is 7.74. The summed E-state index contributed by atoms with van der Waals surface area (Å²) in [6.07, 6.45) is 0. The summed E-state index contributed by atoms with van der Waals surface area (Å²) in [6.45, 7) is 8.68. The Morgan fingerprint density at radius 1 is 1.00 bits per heavy atom. The van der Waals surface area contributed by atoms with E-state index in [0.717, 1.165) is 26.2 Å². The zero-order chi connectivity index (χ0) is 14.4. The quantitative estimate of drug-likeness (QED) is 0.835. The standard InChI is InChI=1S/C16H28N4/c1-18(2)7-8-19-9-11-20(12-10-19)14-16-6-4-3-5-15(16)13-17/h3-6H,7-14,17H2,1-2H3. The van der Waals surface area contributed by atoms with Gasteiger partial charge in [-0.1, -0.05) is 24.3 Å². The van der Waals surface area contributed by atoms with Gasteiger partial charge in [0.05, 0.1) is 0 Å². The van der Waals surface area contributed by atoms with Gasteiger partial charge in [0.25, 0.3) is 0 Å². The van der Waals surface area contributed by atoms with Crippen molar-refractivity contribution < 1.29 is 0 Å². The molecular weight excluding hydrogens is 248 g/mol. The Hall–Kier alpha value is -0.940. The summed E-state index contributed by atoms with van der Waals surface area (Å²) < 4.78 is 0. The molecule has 2 N–H and O–H groups in total. The van der Waals surface area contributed by atoms with E-state index in [4.69, 9.17) is 5.73 Å². The normalized spacial score (nSPS) is 17.8. The van der Waals surface area contributed by atoms with Gasteiger partial charge in [0, 0.05) is 52.4 Å². The largest absolute Gasteiger partial charge is 0.326 e. The third-order valence-corrected chi connectivity index (χ3v) is 4.06. The summed E-state index contributed by atoms with van der Waals surface area (Å²) in [6, 6.07) is 8.54. The van der Waals surface area contributed by atoms with Crippen LogP contribution in [0.5, 0.6) is 0 Å². The molecule has 1 saturated heterocycles. The molecular formula is C16H28N4. The van der Waals surface area contributed by atoms with Gasteiger partial charge < -0.3 is 10.6 Å². The maximum Gasteiger partial charge on any atom is 0.0238 e. The number of nitrogens with two attached hydrogens (primary N) is 1. The number of hydrogen-bond donors (Lipinski definition) is 1. The molecule has 2 rings (SSSR count). The van der Waals surface area contributed by atoms with Crippen LogP contribution in [0.3, 0.4) is 0 Å². The highest BCUT2D eigenvalue weighted by atomic mass is 15.3. The fourth-order valence-corrected chi connectivity index (χ4v) is 2.66. The Morgan fingerprint density at radius 2 is 1.60 bits per heavy atom. The van der Waals surface area contributed by atoms with Crippen molar-refractivity contribution in [3.63, 3.8) is 0 Å². The van der Waals surface area contributed by atoms with Crippen molar-refractivity contribution in [2.75, 3.05) is 53.4 Å². The molecule has 0 spiro atoms. The van der Waals surface area contributed by atoms with Gasteiger partial charge in [-0.15, -0.1) is 0 Å². The molecule has 0 bridgehead atoms. The molecule has 1 fully saturated rings. The molecule has 0 aromatic heterocycles. The molecule has 0 radical (unpaired) electrons. The lowest BCUT2D eigenvalue weighted by Gasteiger charge is -2.35. The summed E-state index contributed by atoms with van der Waals surface area (Å²) >= 11 is 0. The number of hydrogen-bond acceptors (Lipinski definition) is 4. The van der Waals surface area contributed by atoms with E-state index in [-0.39, 0.29) is 0 Å². The number of nitrogens with zero attached hydrogens (tertiary/aromatic N) is 3. The van der Waals surface area contributed by atoms with Gasteiger partial charge in [-0.2, -0.15) is 0 Å². The Kier molecular flexibility index (Phi) is 5.98. The van der Waals surface area contributed by atoms with Crippen LogP contribution in [0, 0.1) is 0 Å². The second-order valence-electron chi connectivity index (χ2n) is 5.89. The molecule has 0 atom stereocenters. The third-order valence-electron chi connectivity index (χ3n) is 4.06. The molecule has 1 heterocycles. The number of benzene rings is 1. The van der Waals surface area contributed by atoms with Crippen molar-refractivity contribution in [3.8, 4) is 0 Å². The van der Waals surface area contributed by atoms with Crippen LogP contribution in [-0.4, -0.2) is 68.1 Å². The first kappa shape index (κ1) is 15.4. The van der Waals surface area contributed by atoms with Crippen molar-refractivity contribution >= 4 is 0 Å². The minimum atomic E-state index is 0.638. The predicted molar refractivity (Wildman–Crippen MR) is 84.6 cm³/mol. The zero-order valence-electron chi connectivity index (χ0n) is 12.9. The summed E-state index contributed by atoms with van der Waals surface area (Å²) in [7, 11) is 4.28. The van der Waals surface area contributed by atoms with E-state index in [1.54, 1.807) is 0 Å². The van der Waals surface area contributed by atoms with E-state index in [1.165, 1.54) is 30.8 Å². The van der Waals surface area contributed by atoms with Gasteiger partial charge >= 0.3 is 0 Å². The van der Waals surface area contributed by atoms with Crippen molar-refractivity contribution in [1.29, 1.82) is 0 Å². The maximum atomic E-state index is 5.81. The van der Waals surface area contributed by atoms with E-state index in [9.17, 15) is 0 Å². The van der Waals surface area contributed by atoms with E-state index in [2.05, 4.69) is 53.1 Å². The lowest BCUT2D eigenvalue weighted by molar-refractivity contribution is 0.120. The van der Waals surface area contributed by atoms with Crippen molar-refractivity contribution in [3.05, 3.63) is 35.4 Å². The topological polar surface area (TPSA) is 35.7 Å². The Bertz CT molecular complexity index is 397. The minimum Gasteiger partial charge on any atom is -0.326 e. The lowest BCUT2D eigenvalue weighted by Crippen LogP contribution is -2.47. The fourth-order valence-electron chi connectivity index (χ4n) is 2.66. The predicted octanol–water partition coefficient (Wildman–Crippen LogP) is 0.825. The van der Waals surface area contributed by atoms with E-state index >= 15 is 0 Å². The first-order chi connectivity index (χ1) is 9.69. The average molecular weight is 276 g/mol. The highest BCUT2D eigenvalue weighted by Crippen LogP contribution is 2.13. The summed E-state index contributed by atoms with van der Waals surface area (Å²) in [5.74, 6) is 0. The molecule has 0 saturated carbocycles. The van der Waals surface area contributed by atoms with Gasteiger partial charge in [0.2, 0.25) is 0 Å². The Balaban J connectivity index is 1.79. The average Bonchev–Trinajstić information content (AvgIpc) is 2.47. The monoisotopic (exact) mass is 276 g/mol. The molecule has 0 aliphatic carbocycles. The molecule has 20 heavy (non-hydrogen) atoms. The summed E-state index contributed by atoms with van der Waals surface area (Å²) in [4.78, 5) is 7.36. The van der Waals surface area contributed by atoms with Crippen LogP contribution in [0.4, 0.5) is 0 Å². The smallest absolute Gasteiger partial charge is 0.0238 e. The van der Waals surface area contributed by atoms with E-state index in [0.29, 0.717) is 6.54 Å². The summed E-state index contributed by atoms with van der Waals surface area (Å²) in [5, 5.41) is 0. The van der Waals surface area contributed by atoms with Crippen molar-refractivity contribution in [2.24, 2.45) is 5.73 Å². The van der Waals surface area contributed by atoms with Gasteiger partial charge in [-0.05, 0) is 25.2 Å². The van der Waals surface area contributed by atoms with E-state index < -0.39 is 0 Å². The van der Waals surface area contributed by atoms with Crippen molar-refractivity contribution in [1.82, 2.24) is 14.7 Å². The van der Waals surface area contributed by atoms with Crippen molar-refractivity contribution in [2.45, 2.75) is 13.1 Å². The van der Waals surface area contributed by atoms with Crippen LogP contribution < -0.4 is 5.73 Å². The summed E-state index contributed by atoms with van der Waals surface area (Å²) in [5.41, 5.74) is 8.48. The van der Waals surface area contributed by atoms with Gasteiger partial charge in [-0.25, -0.2) is 0 Å². The molecule has 112 valence electrons. The molecule has 0 amide bonds. The third kappa shape index (κ3) is 4.56. The van der Waals surface area contributed by atoms with E-state index in [1.807, 2.05) is 0 Å². The molecule has 4 nitrogen and oxygen atoms in total. The van der Waals surface area contributed by atoms with Crippen LogP contribution in [0.25, 0.3) is 0 Å². The lowest BCUT2D eigenvalue weighted by atomic mass is 10.1. The van der Waals surface area contributed by atoms with Crippen LogP contribution in [0.2, 0.25) is 0 Å². The molecule has 4 heteroatoms. The first-order valence-corrected chi connectivity index (χ1v) is 7.55. The van der Waals surface area contributed by atoms with Gasteiger partial charge in [0.15, 0.2) is 0 Å². The molecule has 1 aliphatic heterocycles. The minimum absolute atomic E-state index is 0.638. The van der Waals surface area contributed by atoms with Crippen LogP contribution in [-0.2, 0) is 13.1 Å². The highest BCUT2D eigenvalue weighted by molar-refractivity contribution is 5.26. The van der Waals surface area contributed by atoms with Crippen LogP contribution in [0.1, 0.15) is 11.1 Å². The Labute approximate surface area is 123 Å². The fraction of sp³-hybridized carbons (Fsp3) is 0.625. The SMILES string of the molecule is CN(C)CCN1CCN(Cc2ccccc2CN)CC1. The van der Waals surface area contributed by atoms with Crippen LogP contribution in [0.15, 0.2) is 24.3 Å². The molecule has 0 unspecified atom stereocenters. The number of likely N-dealkylation sites (N-methyl/N-ethyl adjacent to an activating group) is 1. The van der Waals surface area contributed by atoms with Crippen LogP contribution >= 0.6 is 0 Å². The van der Waals surface area contributed by atoms with Gasteiger partial charge in [0.1, 0.15) is 0 Å². The maximum absolute atomic E-state index is 5.81. The zero-order valence-corrected chi connectivity index (χ0v) is 12.9. The molecule has 1 aliphatic rings. The molecule has 1 aromatic carbocycles. The molecule has 1 aromatic rings. The van der Waals surface area contributed by atoms with Gasteiger partial charge in [-0.3, -0.25) is 9.80 Å². The number of rotatable bonds is 6. The highest BCUT2D eigenvalue weighted by Gasteiger charge is 2.17. The Morgan fingerprint density at radius 3 is 2.20 bits per heavy atom. The second-order valence-corrected chi connectivity index (χ2v) is 5.89. The number of piperazine rings is 1.